The van der Waals surface area contributed by atoms with Gasteiger partial charge < -0.3 is 11.1 Å². The number of hydrogen-bond donors (Lipinski definition) is 2. The summed E-state index contributed by atoms with van der Waals surface area (Å²) in [6, 6.07) is 0. The highest BCUT2D eigenvalue weighted by atomic mass is 16.2. The molecule has 5 heteroatoms. The molecule has 5 nitrogen and oxygen atoms in total. The van der Waals surface area contributed by atoms with Gasteiger partial charge in [0.2, 0.25) is 0 Å². The number of carbonyl (C=O) groups excluding carboxylic acids is 2. The van der Waals surface area contributed by atoms with Gasteiger partial charge in [0.05, 0.1) is 0 Å². The second kappa shape index (κ2) is 6.31. The zero-order chi connectivity index (χ0) is 11.1. The molecular weight excluding hydrogens is 194 g/mol. The summed E-state index contributed by atoms with van der Waals surface area (Å²) in [6.45, 7) is 2.66. The van der Waals surface area contributed by atoms with Crippen molar-refractivity contribution in [3.05, 3.63) is 12.2 Å². The Morgan fingerprint density at radius 2 is 1.80 bits per heavy atom. The van der Waals surface area contributed by atoms with Crippen LogP contribution in [-0.4, -0.2) is 42.9 Å². The van der Waals surface area contributed by atoms with Crippen LogP contribution in [-0.2, 0) is 9.59 Å². The molecule has 1 rings (SSSR count). The largest absolute Gasteiger partial charge is 0.330 e. The molecule has 0 aromatic rings. The van der Waals surface area contributed by atoms with E-state index in [9.17, 15) is 9.59 Å². The summed E-state index contributed by atoms with van der Waals surface area (Å²) in [5, 5.41) is 3.16. The zero-order valence-electron chi connectivity index (χ0n) is 8.74. The van der Waals surface area contributed by atoms with Crippen LogP contribution >= 0.6 is 0 Å². The van der Waals surface area contributed by atoms with Crippen molar-refractivity contribution in [2.24, 2.45) is 5.73 Å². The normalized spacial score (nSPS) is 15.4. The van der Waals surface area contributed by atoms with Crippen LogP contribution in [0.15, 0.2) is 12.2 Å². The molecule has 0 aromatic carbocycles. The van der Waals surface area contributed by atoms with Gasteiger partial charge in [0.15, 0.2) is 0 Å². The summed E-state index contributed by atoms with van der Waals surface area (Å²) >= 11 is 0. The number of unbranched alkanes of at least 4 members (excludes halogenated alkanes) is 1. The fourth-order valence-electron chi connectivity index (χ4n) is 1.36. The van der Waals surface area contributed by atoms with Crippen LogP contribution in [0, 0.1) is 0 Å². The molecular formula is C10H17N3O2. The minimum Gasteiger partial charge on any atom is -0.330 e. The van der Waals surface area contributed by atoms with Crippen LogP contribution in [0.2, 0.25) is 0 Å². The second-order valence-corrected chi connectivity index (χ2v) is 3.41. The molecule has 0 spiro atoms. The molecule has 1 aliphatic rings. The molecule has 0 saturated heterocycles. The van der Waals surface area contributed by atoms with Crippen molar-refractivity contribution in [3.63, 3.8) is 0 Å². The van der Waals surface area contributed by atoms with Crippen molar-refractivity contribution in [2.75, 3.05) is 26.2 Å². The predicted octanol–water partition coefficient (Wildman–Crippen LogP) is -0.760. The maximum atomic E-state index is 11.1. The van der Waals surface area contributed by atoms with Gasteiger partial charge in [-0.05, 0) is 25.9 Å². The van der Waals surface area contributed by atoms with E-state index in [0.717, 1.165) is 19.4 Å². The number of hydrogen-bond acceptors (Lipinski definition) is 4. The number of nitrogens with zero attached hydrogens (tertiary/aromatic N) is 1. The van der Waals surface area contributed by atoms with E-state index < -0.39 is 0 Å². The van der Waals surface area contributed by atoms with Crippen LogP contribution in [0.25, 0.3) is 0 Å². The fourth-order valence-corrected chi connectivity index (χ4v) is 1.36. The number of rotatable bonds is 7. The number of nitrogens with two attached hydrogens (primary N) is 1. The topological polar surface area (TPSA) is 75.4 Å². The summed E-state index contributed by atoms with van der Waals surface area (Å²) in [5.41, 5.74) is 5.35. The minimum absolute atomic E-state index is 0.219. The highest BCUT2D eigenvalue weighted by molar-refractivity contribution is 6.12. The molecule has 0 bridgehead atoms. The monoisotopic (exact) mass is 211 g/mol. The Morgan fingerprint density at radius 1 is 1.13 bits per heavy atom. The molecule has 0 unspecified atom stereocenters. The SMILES string of the molecule is NCCCCNCCN1C(=O)C=CC1=O. The quantitative estimate of drug-likeness (QED) is 0.429. The molecule has 0 aliphatic carbocycles. The lowest BCUT2D eigenvalue weighted by molar-refractivity contribution is -0.136. The maximum Gasteiger partial charge on any atom is 0.253 e. The maximum absolute atomic E-state index is 11.1. The average Bonchev–Trinajstić information content (AvgIpc) is 2.54. The molecule has 0 radical (unpaired) electrons. The van der Waals surface area contributed by atoms with E-state index in [1.54, 1.807) is 0 Å². The lowest BCUT2D eigenvalue weighted by Crippen LogP contribution is -2.36. The number of carbonyl (C=O) groups is 2. The Balaban J connectivity index is 2.05. The molecule has 0 fully saturated rings. The van der Waals surface area contributed by atoms with E-state index in [4.69, 9.17) is 5.73 Å². The van der Waals surface area contributed by atoms with Crippen molar-refractivity contribution >= 4 is 11.8 Å². The average molecular weight is 211 g/mol. The van der Waals surface area contributed by atoms with Gasteiger partial charge in [0.25, 0.3) is 11.8 Å². The van der Waals surface area contributed by atoms with E-state index in [2.05, 4.69) is 5.32 Å². The summed E-state index contributed by atoms with van der Waals surface area (Å²) < 4.78 is 0. The third kappa shape index (κ3) is 3.81. The second-order valence-electron chi connectivity index (χ2n) is 3.41. The summed E-state index contributed by atoms with van der Waals surface area (Å²) in [4.78, 5) is 23.5. The lowest BCUT2D eigenvalue weighted by atomic mass is 10.3. The first kappa shape index (κ1) is 11.9. The molecule has 1 aliphatic heterocycles. The Bertz CT molecular complexity index is 245. The van der Waals surface area contributed by atoms with Crippen LogP contribution in [0.5, 0.6) is 0 Å². The van der Waals surface area contributed by atoms with Crippen molar-refractivity contribution in [1.29, 1.82) is 0 Å². The third-order valence-electron chi connectivity index (χ3n) is 2.22. The third-order valence-corrected chi connectivity index (χ3v) is 2.22. The molecule has 0 saturated carbocycles. The van der Waals surface area contributed by atoms with Gasteiger partial charge >= 0.3 is 0 Å². The summed E-state index contributed by atoms with van der Waals surface area (Å²) in [7, 11) is 0. The Kier molecular flexibility index (Phi) is 5.00. The molecule has 0 aromatic heterocycles. The van der Waals surface area contributed by atoms with Crippen molar-refractivity contribution in [1.82, 2.24) is 10.2 Å². The number of nitrogens with one attached hydrogen (secondary N) is 1. The first-order valence-electron chi connectivity index (χ1n) is 5.20. The Morgan fingerprint density at radius 3 is 2.40 bits per heavy atom. The van der Waals surface area contributed by atoms with Gasteiger partial charge in [-0.2, -0.15) is 0 Å². The first-order valence-corrected chi connectivity index (χ1v) is 5.20. The smallest absolute Gasteiger partial charge is 0.253 e. The van der Waals surface area contributed by atoms with Crippen molar-refractivity contribution < 1.29 is 9.59 Å². The van der Waals surface area contributed by atoms with E-state index in [1.807, 2.05) is 0 Å². The van der Waals surface area contributed by atoms with Gasteiger partial charge in [0.1, 0.15) is 0 Å². The molecule has 1 heterocycles. The van der Waals surface area contributed by atoms with Gasteiger partial charge in [-0.1, -0.05) is 0 Å². The molecule has 3 N–H and O–H groups in total. The summed E-state index contributed by atoms with van der Waals surface area (Å²) in [6.07, 6.45) is 4.63. The molecule has 15 heavy (non-hydrogen) atoms. The van der Waals surface area contributed by atoms with Crippen LogP contribution in [0.1, 0.15) is 12.8 Å². The number of amides is 2. The highest BCUT2D eigenvalue weighted by Gasteiger charge is 2.21. The molecule has 2 amide bonds. The predicted molar refractivity (Wildman–Crippen MR) is 57.0 cm³/mol. The Labute approximate surface area is 89.3 Å². The fraction of sp³-hybridized carbons (Fsp3) is 0.600. The molecule has 84 valence electrons. The van der Waals surface area contributed by atoms with Crippen molar-refractivity contribution in [2.45, 2.75) is 12.8 Å². The Hall–Kier alpha value is -1.20. The van der Waals surface area contributed by atoms with Gasteiger partial charge in [-0.25, -0.2) is 0 Å². The van der Waals surface area contributed by atoms with Crippen molar-refractivity contribution in [3.8, 4) is 0 Å². The van der Waals surface area contributed by atoms with E-state index >= 15 is 0 Å². The standard InChI is InChI=1S/C10H17N3O2/c11-5-1-2-6-12-7-8-13-9(14)3-4-10(13)15/h3-4,12H,1-2,5-8,11H2. The lowest BCUT2D eigenvalue weighted by Gasteiger charge is -2.13. The van der Waals surface area contributed by atoms with Gasteiger partial charge in [0, 0.05) is 25.2 Å². The van der Waals surface area contributed by atoms with E-state index in [1.165, 1.54) is 17.1 Å². The zero-order valence-corrected chi connectivity index (χ0v) is 8.74. The van der Waals surface area contributed by atoms with E-state index in [0.29, 0.717) is 19.6 Å². The summed E-state index contributed by atoms with van der Waals surface area (Å²) in [5.74, 6) is -0.437. The van der Waals surface area contributed by atoms with Crippen LogP contribution < -0.4 is 11.1 Å². The van der Waals surface area contributed by atoms with Crippen LogP contribution in [0.3, 0.4) is 0 Å². The number of imide groups is 1. The highest BCUT2D eigenvalue weighted by Crippen LogP contribution is 2.01. The van der Waals surface area contributed by atoms with E-state index in [-0.39, 0.29) is 11.8 Å². The van der Waals surface area contributed by atoms with Crippen LogP contribution in [0.4, 0.5) is 0 Å². The minimum atomic E-state index is -0.219. The van der Waals surface area contributed by atoms with Gasteiger partial charge in [-0.3, -0.25) is 14.5 Å². The van der Waals surface area contributed by atoms with Gasteiger partial charge in [-0.15, -0.1) is 0 Å². The first-order chi connectivity index (χ1) is 7.25. The molecule has 0 atom stereocenters.